The second-order valence-electron chi connectivity index (χ2n) is 5.01. The van der Waals surface area contributed by atoms with Crippen LogP contribution in [0.3, 0.4) is 0 Å². The van der Waals surface area contributed by atoms with Crippen LogP contribution in [0.5, 0.6) is 0 Å². The minimum atomic E-state index is 0.208. The van der Waals surface area contributed by atoms with Gasteiger partial charge in [0.2, 0.25) is 5.91 Å². The van der Waals surface area contributed by atoms with Crippen LogP contribution in [0.15, 0.2) is 0 Å². The van der Waals surface area contributed by atoms with Crippen molar-refractivity contribution >= 4 is 5.91 Å². The fourth-order valence-corrected chi connectivity index (χ4v) is 1.55. The van der Waals surface area contributed by atoms with E-state index in [1.54, 1.807) is 19.0 Å². The van der Waals surface area contributed by atoms with E-state index in [0.717, 1.165) is 45.1 Å². The molecule has 1 amide bonds. The van der Waals surface area contributed by atoms with E-state index in [2.05, 4.69) is 5.32 Å². The molecule has 100 valence electrons. The number of hydrogen-bond donors (Lipinski definition) is 1. The number of rotatable bonds is 10. The number of hydrogen-bond acceptors (Lipinski definition) is 3. The van der Waals surface area contributed by atoms with Gasteiger partial charge in [-0.3, -0.25) is 4.79 Å². The number of carbonyl (C=O) groups is 1. The lowest BCUT2D eigenvalue weighted by molar-refractivity contribution is -0.128. The van der Waals surface area contributed by atoms with E-state index in [0.29, 0.717) is 6.42 Å². The van der Waals surface area contributed by atoms with Gasteiger partial charge in [0.1, 0.15) is 0 Å². The summed E-state index contributed by atoms with van der Waals surface area (Å²) in [7, 11) is 3.60. The van der Waals surface area contributed by atoms with Gasteiger partial charge < -0.3 is 15.0 Å². The third-order valence-corrected chi connectivity index (χ3v) is 2.94. The van der Waals surface area contributed by atoms with Gasteiger partial charge in [0, 0.05) is 33.7 Å². The molecule has 0 aliphatic heterocycles. The van der Waals surface area contributed by atoms with Gasteiger partial charge >= 0.3 is 0 Å². The Hall–Kier alpha value is -0.610. The normalized spacial score (nSPS) is 14.9. The Bertz CT molecular complexity index is 215. The van der Waals surface area contributed by atoms with Crippen molar-refractivity contribution in [1.29, 1.82) is 0 Å². The fraction of sp³-hybridized carbons (Fsp3) is 0.923. The topological polar surface area (TPSA) is 41.6 Å². The summed E-state index contributed by atoms with van der Waals surface area (Å²) in [5.74, 6) is 1.07. The maximum atomic E-state index is 11.3. The minimum Gasteiger partial charge on any atom is -0.381 e. The van der Waals surface area contributed by atoms with Crippen LogP contribution in [-0.2, 0) is 9.53 Å². The molecule has 4 nitrogen and oxygen atoms in total. The maximum absolute atomic E-state index is 11.3. The Labute approximate surface area is 105 Å². The molecule has 17 heavy (non-hydrogen) atoms. The molecule has 0 aromatic heterocycles. The molecule has 4 heteroatoms. The monoisotopic (exact) mass is 242 g/mol. The molecule has 0 aromatic carbocycles. The first-order valence-electron chi connectivity index (χ1n) is 6.68. The molecule has 0 radical (unpaired) electrons. The van der Waals surface area contributed by atoms with Crippen molar-refractivity contribution in [1.82, 2.24) is 10.2 Å². The summed E-state index contributed by atoms with van der Waals surface area (Å²) in [4.78, 5) is 12.9. The molecule has 0 unspecified atom stereocenters. The fourth-order valence-electron chi connectivity index (χ4n) is 1.55. The molecule has 1 aliphatic rings. The molecule has 0 saturated heterocycles. The van der Waals surface area contributed by atoms with Crippen molar-refractivity contribution in [3.05, 3.63) is 0 Å². The highest BCUT2D eigenvalue weighted by atomic mass is 16.5. The lowest BCUT2D eigenvalue weighted by atomic mass is 10.3. The number of nitrogens with one attached hydrogen (secondary N) is 1. The van der Waals surface area contributed by atoms with Crippen LogP contribution < -0.4 is 5.32 Å². The molecule has 0 atom stereocenters. The summed E-state index contributed by atoms with van der Waals surface area (Å²) < 4.78 is 5.53. The third kappa shape index (κ3) is 8.16. The summed E-state index contributed by atoms with van der Waals surface area (Å²) in [5.41, 5.74) is 0. The first-order valence-corrected chi connectivity index (χ1v) is 6.68. The van der Waals surface area contributed by atoms with E-state index in [4.69, 9.17) is 4.74 Å². The summed E-state index contributed by atoms with van der Waals surface area (Å²) in [6.45, 7) is 3.72. The summed E-state index contributed by atoms with van der Waals surface area (Å²) in [6, 6.07) is 0. The lowest BCUT2D eigenvalue weighted by Gasteiger charge is -2.10. The maximum Gasteiger partial charge on any atom is 0.222 e. The van der Waals surface area contributed by atoms with Crippen LogP contribution >= 0.6 is 0 Å². The molecule has 0 bridgehead atoms. The van der Waals surface area contributed by atoms with Crippen LogP contribution in [0.1, 0.15) is 32.1 Å². The second-order valence-corrected chi connectivity index (χ2v) is 5.01. The SMILES string of the molecule is CN(C)C(=O)CCCNCCCOCC1CC1. The third-order valence-electron chi connectivity index (χ3n) is 2.94. The molecule has 0 spiro atoms. The highest BCUT2D eigenvalue weighted by Gasteiger charge is 2.20. The van der Waals surface area contributed by atoms with Crippen molar-refractivity contribution in [3.63, 3.8) is 0 Å². The van der Waals surface area contributed by atoms with E-state index >= 15 is 0 Å². The second kappa shape index (κ2) is 8.48. The van der Waals surface area contributed by atoms with Crippen molar-refractivity contribution in [2.45, 2.75) is 32.1 Å². The molecule has 1 rings (SSSR count). The predicted molar refractivity (Wildman–Crippen MR) is 69.0 cm³/mol. The first-order chi connectivity index (χ1) is 8.20. The van der Waals surface area contributed by atoms with E-state index in [-0.39, 0.29) is 5.91 Å². The molecule has 0 heterocycles. The Kier molecular flexibility index (Phi) is 7.21. The van der Waals surface area contributed by atoms with Crippen LogP contribution in [0.25, 0.3) is 0 Å². The summed E-state index contributed by atoms with van der Waals surface area (Å²) >= 11 is 0. The van der Waals surface area contributed by atoms with Gasteiger partial charge in [0.15, 0.2) is 0 Å². The molecule has 1 N–H and O–H groups in total. The van der Waals surface area contributed by atoms with E-state index < -0.39 is 0 Å². The predicted octanol–water partition coefficient (Wildman–Crippen LogP) is 1.26. The van der Waals surface area contributed by atoms with Crippen LogP contribution in [0.2, 0.25) is 0 Å². The standard InChI is InChI=1S/C13H26N2O2/c1-15(2)13(16)5-3-8-14-9-4-10-17-11-12-6-7-12/h12,14H,3-11H2,1-2H3. The molecule has 1 saturated carbocycles. The van der Waals surface area contributed by atoms with Crippen molar-refractivity contribution in [2.24, 2.45) is 5.92 Å². The number of nitrogens with zero attached hydrogens (tertiary/aromatic N) is 1. The summed E-state index contributed by atoms with van der Waals surface area (Å²) in [5, 5.41) is 3.33. The van der Waals surface area contributed by atoms with Gasteiger partial charge in [0.25, 0.3) is 0 Å². The zero-order valence-corrected chi connectivity index (χ0v) is 11.2. The van der Waals surface area contributed by atoms with Gasteiger partial charge in [-0.25, -0.2) is 0 Å². The highest BCUT2D eigenvalue weighted by molar-refractivity contribution is 5.75. The quantitative estimate of drug-likeness (QED) is 0.586. The molecular formula is C13H26N2O2. The van der Waals surface area contributed by atoms with Gasteiger partial charge in [-0.15, -0.1) is 0 Å². The van der Waals surface area contributed by atoms with Crippen molar-refractivity contribution in [2.75, 3.05) is 40.4 Å². The molecule has 1 aliphatic carbocycles. The summed E-state index contributed by atoms with van der Waals surface area (Å²) in [6.07, 6.45) is 5.34. The van der Waals surface area contributed by atoms with Crippen molar-refractivity contribution < 1.29 is 9.53 Å². The van der Waals surface area contributed by atoms with Crippen LogP contribution in [0.4, 0.5) is 0 Å². The van der Waals surface area contributed by atoms with Crippen LogP contribution in [-0.4, -0.2) is 51.2 Å². The van der Waals surface area contributed by atoms with E-state index in [9.17, 15) is 4.79 Å². The zero-order valence-electron chi connectivity index (χ0n) is 11.2. The van der Waals surface area contributed by atoms with Gasteiger partial charge in [-0.05, 0) is 44.7 Å². The number of ether oxygens (including phenoxy) is 1. The Morgan fingerprint density at radius 1 is 1.29 bits per heavy atom. The van der Waals surface area contributed by atoms with E-state index in [1.807, 2.05) is 0 Å². The molecule has 1 fully saturated rings. The number of carbonyl (C=O) groups excluding carboxylic acids is 1. The Morgan fingerprint density at radius 3 is 2.65 bits per heavy atom. The zero-order chi connectivity index (χ0) is 12.5. The first kappa shape index (κ1) is 14.5. The lowest BCUT2D eigenvalue weighted by Crippen LogP contribution is -2.24. The highest BCUT2D eigenvalue weighted by Crippen LogP contribution is 2.28. The smallest absolute Gasteiger partial charge is 0.222 e. The molecule has 0 aromatic rings. The van der Waals surface area contributed by atoms with E-state index in [1.165, 1.54) is 12.8 Å². The van der Waals surface area contributed by atoms with Gasteiger partial charge in [-0.2, -0.15) is 0 Å². The van der Waals surface area contributed by atoms with Crippen molar-refractivity contribution in [3.8, 4) is 0 Å². The average Bonchev–Trinajstić information content (AvgIpc) is 3.10. The van der Waals surface area contributed by atoms with Crippen LogP contribution in [0, 0.1) is 5.92 Å². The average molecular weight is 242 g/mol. The minimum absolute atomic E-state index is 0.208. The number of amides is 1. The Morgan fingerprint density at radius 2 is 2.00 bits per heavy atom. The van der Waals surface area contributed by atoms with Gasteiger partial charge in [-0.1, -0.05) is 0 Å². The Balaban J connectivity index is 1.73. The largest absolute Gasteiger partial charge is 0.381 e. The molecular weight excluding hydrogens is 216 g/mol. The van der Waals surface area contributed by atoms with Gasteiger partial charge in [0.05, 0.1) is 0 Å².